The lowest BCUT2D eigenvalue weighted by Gasteiger charge is -2.73. The fourth-order valence-corrected chi connectivity index (χ4v) is 9.98. The number of aliphatic hydroxyl groups is 3. The quantitative estimate of drug-likeness (QED) is 0.230. The van der Waals surface area contributed by atoms with Gasteiger partial charge in [0.15, 0.2) is 17.8 Å². The largest absolute Gasteiger partial charge is 0.458 e. The Morgan fingerprint density at radius 3 is 2.04 bits per heavy atom. The summed E-state index contributed by atoms with van der Waals surface area (Å²) in [4.78, 5) is 40.3. The van der Waals surface area contributed by atoms with E-state index in [2.05, 4.69) is 6.58 Å². The molecule has 3 aliphatic heterocycles. The summed E-state index contributed by atoms with van der Waals surface area (Å²) in [5.41, 5.74) is -7.24. The van der Waals surface area contributed by atoms with Crippen LogP contribution >= 0.6 is 0 Å². The molecule has 3 heterocycles. The van der Waals surface area contributed by atoms with Crippen LogP contribution in [0.4, 0.5) is 0 Å². The van der Waals surface area contributed by atoms with Crippen molar-refractivity contribution in [3.8, 4) is 0 Å². The summed E-state index contributed by atoms with van der Waals surface area (Å²) in [5.74, 6) is -8.12. The minimum absolute atomic E-state index is 0.125. The van der Waals surface area contributed by atoms with Crippen LogP contribution in [-0.4, -0.2) is 86.2 Å². The van der Waals surface area contributed by atoms with Crippen LogP contribution in [0.5, 0.6) is 0 Å². The molecule has 50 heavy (non-hydrogen) atoms. The summed E-state index contributed by atoms with van der Waals surface area (Å²) >= 11 is 0. The lowest BCUT2D eigenvalue weighted by molar-refractivity contribution is -0.586. The van der Waals surface area contributed by atoms with Gasteiger partial charge in [0, 0.05) is 31.2 Å². The SMILES string of the molecule is C=C(C)[C@@]1(O)[C@@H]2OC3(c4ccccc4)O[C@H]1[C@@H](C)[C@@]1(O3)[C@H]2[C@H](OC(C)=O)[C@@](C)(OC(=O)c2ccccc2)[C@@H](OC(C)=O)[C@@]2(O)[C@H]1C[C@H](C)[C@@H]2O. The molecule has 3 aliphatic carbocycles. The summed E-state index contributed by atoms with van der Waals surface area (Å²) in [6, 6.07) is 16.9. The predicted octanol–water partition coefficient (Wildman–Crippen LogP) is 3.16. The van der Waals surface area contributed by atoms with Gasteiger partial charge in [-0.1, -0.05) is 69.0 Å². The smallest absolute Gasteiger partial charge is 0.338 e. The van der Waals surface area contributed by atoms with Crippen molar-refractivity contribution in [2.45, 2.75) is 107 Å². The summed E-state index contributed by atoms with van der Waals surface area (Å²) in [6.45, 7) is 13.0. The molecule has 12 nitrogen and oxygen atoms in total. The number of aliphatic hydroxyl groups excluding tert-OH is 1. The van der Waals surface area contributed by atoms with Crippen molar-refractivity contribution < 1.29 is 58.1 Å². The van der Waals surface area contributed by atoms with Crippen molar-refractivity contribution in [1.29, 1.82) is 0 Å². The van der Waals surface area contributed by atoms with Gasteiger partial charge in [-0.25, -0.2) is 4.79 Å². The molecule has 0 radical (unpaired) electrons. The maximum atomic E-state index is 14.0. The van der Waals surface area contributed by atoms with Crippen LogP contribution in [0.25, 0.3) is 0 Å². The van der Waals surface area contributed by atoms with Crippen LogP contribution in [0.2, 0.25) is 0 Å². The highest BCUT2D eigenvalue weighted by Gasteiger charge is 2.87. The Morgan fingerprint density at radius 2 is 1.46 bits per heavy atom. The topological polar surface area (TPSA) is 167 Å². The number of fused-ring (bicyclic) bond motifs is 1. The second-order valence-corrected chi connectivity index (χ2v) is 14.9. The van der Waals surface area contributed by atoms with Gasteiger partial charge in [-0.2, -0.15) is 0 Å². The molecule has 6 aliphatic rings. The molecule has 3 saturated heterocycles. The molecule has 1 unspecified atom stereocenters. The van der Waals surface area contributed by atoms with Crippen molar-refractivity contribution in [3.05, 3.63) is 83.9 Å². The van der Waals surface area contributed by atoms with Gasteiger partial charge in [0.1, 0.15) is 23.4 Å². The van der Waals surface area contributed by atoms with E-state index >= 15 is 0 Å². The Hall–Kier alpha value is -3.65. The van der Waals surface area contributed by atoms with Gasteiger partial charge in [-0.15, -0.1) is 0 Å². The summed E-state index contributed by atoms with van der Waals surface area (Å²) in [5, 5.41) is 38.1. The zero-order chi connectivity index (χ0) is 36.2. The van der Waals surface area contributed by atoms with E-state index in [9.17, 15) is 29.7 Å². The van der Waals surface area contributed by atoms with E-state index < -0.39 is 100 Å². The van der Waals surface area contributed by atoms with Crippen LogP contribution in [0.1, 0.15) is 63.9 Å². The van der Waals surface area contributed by atoms with Crippen molar-refractivity contribution in [3.63, 3.8) is 0 Å². The van der Waals surface area contributed by atoms with Crippen LogP contribution in [0, 0.1) is 23.7 Å². The highest BCUT2D eigenvalue weighted by molar-refractivity contribution is 5.89. The van der Waals surface area contributed by atoms with Gasteiger partial charge >= 0.3 is 23.9 Å². The summed E-state index contributed by atoms with van der Waals surface area (Å²) in [7, 11) is 0. The molecule has 2 aromatic rings. The fourth-order valence-electron chi connectivity index (χ4n) is 9.98. The van der Waals surface area contributed by atoms with E-state index in [1.54, 1.807) is 63.2 Å². The molecule has 2 aromatic carbocycles. The molecule has 14 atom stereocenters. The van der Waals surface area contributed by atoms with Crippen molar-refractivity contribution >= 4 is 17.9 Å². The van der Waals surface area contributed by atoms with Gasteiger partial charge in [0.2, 0.25) is 0 Å². The van der Waals surface area contributed by atoms with Crippen LogP contribution in [0.3, 0.4) is 0 Å². The average Bonchev–Trinajstić information content (AvgIpc) is 3.29. The first-order chi connectivity index (χ1) is 23.5. The third-order valence-corrected chi connectivity index (χ3v) is 12.0. The van der Waals surface area contributed by atoms with Gasteiger partial charge in [-0.05, 0) is 43.9 Å². The van der Waals surface area contributed by atoms with E-state index in [1.807, 2.05) is 6.07 Å². The second kappa shape index (κ2) is 11.4. The lowest BCUT2D eigenvalue weighted by Crippen LogP contribution is -2.86. The maximum absolute atomic E-state index is 14.0. The Bertz CT molecular complexity index is 1720. The molecule has 6 fully saturated rings. The van der Waals surface area contributed by atoms with Crippen molar-refractivity contribution in [2.75, 3.05) is 0 Å². The number of carbonyl (C=O) groups is 3. The number of rotatable bonds is 6. The van der Waals surface area contributed by atoms with E-state index in [0.29, 0.717) is 5.56 Å². The van der Waals surface area contributed by atoms with Crippen molar-refractivity contribution in [2.24, 2.45) is 23.7 Å². The summed E-state index contributed by atoms with van der Waals surface area (Å²) < 4.78 is 39.0. The van der Waals surface area contributed by atoms with Crippen molar-refractivity contribution in [1.82, 2.24) is 0 Å². The summed E-state index contributed by atoms with van der Waals surface area (Å²) in [6.07, 6.45) is -7.16. The Labute approximate surface area is 290 Å². The van der Waals surface area contributed by atoms with E-state index in [1.165, 1.54) is 26.0 Å². The molecule has 1 spiro atoms. The molecule has 0 aromatic heterocycles. The van der Waals surface area contributed by atoms with Crippen LogP contribution in [-0.2, 0) is 44.0 Å². The third-order valence-electron chi connectivity index (χ3n) is 12.0. The molecule has 3 saturated carbocycles. The van der Waals surface area contributed by atoms with E-state index in [0.717, 1.165) is 6.92 Å². The monoisotopic (exact) mass is 692 g/mol. The number of benzene rings is 2. The molecule has 268 valence electrons. The number of hydrogen-bond acceptors (Lipinski definition) is 12. The Balaban J connectivity index is 1.56. The lowest BCUT2D eigenvalue weighted by atomic mass is 9.51. The molecule has 0 amide bonds. The van der Waals surface area contributed by atoms with Crippen LogP contribution in [0.15, 0.2) is 72.8 Å². The van der Waals surface area contributed by atoms with Gasteiger partial charge < -0.3 is 43.7 Å². The first-order valence-corrected chi connectivity index (χ1v) is 17.0. The molecular weight excluding hydrogens is 648 g/mol. The number of hydrogen-bond donors (Lipinski definition) is 3. The standard InChI is InChI=1S/C38H44O12/c1-19(2)35(43)29-21(4)37-26-18-20(3)28(41)36(26,44)33(46-23(6)40)34(7,49-32(42)24-14-10-8-11-15-24)30(45-22(5)39)27(37)31(35)48-38(47-29,50-37)25-16-12-9-13-17-25/h8-17,20-21,26-31,33,41,43-44H,1,18H2,2-7H3/t20-,21+,26+,27-,28-,29-,30-,31+,33+,34+,35-,36+,37-,38?/m0/s1. The number of carbonyl (C=O) groups excluding carboxylic acids is 3. The van der Waals surface area contributed by atoms with E-state index in [-0.39, 0.29) is 17.6 Å². The Morgan fingerprint density at radius 1 is 0.880 bits per heavy atom. The zero-order valence-corrected chi connectivity index (χ0v) is 28.9. The molecule has 4 bridgehead atoms. The fraction of sp³-hybridized carbons (Fsp3) is 0.553. The normalized spacial score (nSPS) is 45.5. The first kappa shape index (κ1) is 34.8. The number of esters is 3. The molecular formula is C38H44O12. The average molecular weight is 693 g/mol. The first-order valence-electron chi connectivity index (χ1n) is 17.0. The van der Waals surface area contributed by atoms with Crippen LogP contribution < -0.4 is 0 Å². The molecule has 3 N–H and O–H groups in total. The molecule has 8 rings (SSSR count). The molecule has 12 heteroatoms. The van der Waals surface area contributed by atoms with Gasteiger partial charge in [0.05, 0.1) is 23.2 Å². The minimum atomic E-state index is -2.36. The highest BCUT2D eigenvalue weighted by Crippen LogP contribution is 2.72. The van der Waals surface area contributed by atoms with Gasteiger partial charge in [0.25, 0.3) is 0 Å². The van der Waals surface area contributed by atoms with Gasteiger partial charge in [-0.3, -0.25) is 9.59 Å². The van der Waals surface area contributed by atoms with E-state index in [4.69, 9.17) is 28.4 Å². The maximum Gasteiger partial charge on any atom is 0.338 e. The second-order valence-electron chi connectivity index (χ2n) is 14.9. The zero-order valence-electron chi connectivity index (χ0n) is 28.9. The minimum Gasteiger partial charge on any atom is -0.458 e. The highest BCUT2D eigenvalue weighted by atomic mass is 16.9. The predicted molar refractivity (Wildman–Crippen MR) is 174 cm³/mol. The number of ether oxygens (including phenoxy) is 6. The third kappa shape index (κ3) is 4.42. The Kier molecular flexibility index (Phi) is 7.95.